The second kappa shape index (κ2) is 10.2. The average Bonchev–Trinajstić information content (AvgIpc) is 2.76. The minimum absolute atomic E-state index is 0.0486. The van der Waals surface area contributed by atoms with E-state index in [1.54, 1.807) is 19.2 Å². The molecule has 0 aromatic heterocycles. The first-order valence-electron chi connectivity index (χ1n) is 9.45. The van der Waals surface area contributed by atoms with Crippen LogP contribution in [0.2, 0.25) is 0 Å². The number of carbonyl (C=O) groups is 1. The molecule has 0 saturated heterocycles. The van der Waals surface area contributed by atoms with Gasteiger partial charge in [-0.25, -0.2) is 0 Å². The van der Waals surface area contributed by atoms with E-state index in [1.807, 2.05) is 48.5 Å². The highest BCUT2D eigenvalue weighted by molar-refractivity contribution is 5.67. The smallest absolute Gasteiger partial charge is 0.303 e. The molecule has 0 aliphatic heterocycles. The van der Waals surface area contributed by atoms with Gasteiger partial charge in [0, 0.05) is 12.5 Å². The largest absolute Gasteiger partial charge is 0.497 e. The van der Waals surface area contributed by atoms with Crippen molar-refractivity contribution in [3.05, 3.63) is 78.4 Å². The molecule has 0 saturated carbocycles. The van der Waals surface area contributed by atoms with E-state index >= 15 is 0 Å². The van der Waals surface area contributed by atoms with Gasteiger partial charge in [0.05, 0.1) is 7.11 Å². The highest BCUT2D eigenvalue weighted by Crippen LogP contribution is 2.26. The molecule has 5 nitrogen and oxygen atoms in total. The molecule has 0 unspecified atom stereocenters. The van der Waals surface area contributed by atoms with Crippen LogP contribution in [0.1, 0.15) is 12.0 Å². The van der Waals surface area contributed by atoms with E-state index in [0.717, 1.165) is 22.4 Å². The predicted octanol–water partition coefficient (Wildman–Crippen LogP) is 4.84. The van der Waals surface area contributed by atoms with Crippen molar-refractivity contribution in [2.24, 2.45) is 0 Å². The monoisotopic (exact) mass is 392 g/mol. The summed E-state index contributed by atoms with van der Waals surface area (Å²) in [5.74, 6) is 1.21. The quantitative estimate of drug-likeness (QED) is 0.500. The SMILES string of the molecule is COc1ccc(CCC(=O)O)c(OCCOc2ccc(-c3ccccc3)cc2)c1. The van der Waals surface area contributed by atoms with Crippen molar-refractivity contribution in [1.82, 2.24) is 0 Å². The minimum Gasteiger partial charge on any atom is -0.497 e. The Kier molecular flexibility index (Phi) is 7.11. The lowest BCUT2D eigenvalue weighted by atomic mass is 10.1. The molecule has 3 aromatic rings. The molecule has 0 amide bonds. The molecule has 29 heavy (non-hydrogen) atoms. The number of hydrogen-bond donors (Lipinski definition) is 1. The molecule has 5 heteroatoms. The van der Waals surface area contributed by atoms with E-state index in [4.69, 9.17) is 19.3 Å². The summed E-state index contributed by atoms with van der Waals surface area (Å²) in [4.78, 5) is 10.9. The van der Waals surface area contributed by atoms with Crippen LogP contribution in [0.25, 0.3) is 11.1 Å². The number of hydrogen-bond acceptors (Lipinski definition) is 4. The maximum absolute atomic E-state index is 10.9. The van der Waals surface area contributed by atoms with Crippen molar-refractivity contribution >= 4 is 5.97 Å². The van der Waals surface area contributed by atoms with Crippen molar-refractivity contribution in [3.8, 4) is 28.4 Å². The van der Waals surface area contributed by atoms with Gasteiger partial charge in [0.25, 0.3) is 0 Å². The van der Waals surface area contributed by atoms with Crippen molar-refractivity contribution in [2.75, 3.05) is 20.3 Å². The number of methoxy groups -OCH3 is 1. The van der Waals surface area contributed by atoms with E-state index in [0.29, 0.717) is 31.1 Å². The van der Waals surface area contributed by atoms with Crippen LogP contribution < -0.4 is 14.2 Å². The Morgan fingerprint density at radius 3 is 2.17 bits per heavy atom. The molecule has 0 heterocycles. The Balaban J connectivity index is 1.54. The third-order valence-corrected chi connectivity index (χ3v) is 4.45. The highest BCUT2D eigenvalue weighted by Gasteiger charge is 2.08. The molecule has 0 aliphatic rings. The zero-order chi connectivity index (χ0) is 20.5. The summed E-state index contributed by atoms with van der Waals surface area (Å²) in [5, 5.41) is 8.91. The Bertz CT molecular complexity index is 920. The van der Waals surface area contributed by atoms with E-state index < -0.39 is 5.97 Å². The number of aryl methyl sites for hydroxylation is 1. The van der Waals surface area contributed by atoms with Gasteiger partial charge in [-0.2, -0.15) is 0 Å². The Hall–Kier alpha value is -3.47. The Morgan fingerprint density at radius 1 is 0.828 bits per heavy atom. The molecule has 0 spiro atoms. The standard InChI is InChI=1S/C24H24O5/c1-27-22-13-9-20(10-14-24(25)26)23(17-22)29-16-15-28-21-11-7-19(8-12-21)18-5-3-2-4-6-18/h2-9,11-13,17H,10,14-16H2,1H3,(H,25,26). The normalized spacial score (nSPS) is 10.4. The molecule has 0 bridgehead atoms. The topological polar surface area (TPSA) is 65.0 Å². The second-order valence-electron chi connectivity index (χ2n) is 6.45. The number of carboxylic acids is 1. The molecular weight excluding hydrogens is 368 g/mol. The van der Waals surface area contributed by atoms with Crippen LogP contribution in [0, 0.1) is 0 Å². The molecule has 1 N–H and O–H groups in total. The molecule has 3 rings (SSSR count). The van der Waals surface area contributed by atoms with Crippen molar-refractivity contribution < 1.29 is 24.1 Å². The van der Waals surface area contributed by atoms with Crippen LogP contribution in [0.15, 0.2) is 72.8 Å². The number of rotatable bonds is 10. The molecule has 0 aliphatic carbocycles. The molecule has 3 aromatic carbocycles. The lowest BCUT2D eigenvalue weighted by molar-refractivity contribution is -0.136. The van der Waals surface area contributed by atoms with Gasteiger partial charge >= 0.3 is 5.97 Å². The first-order chi connectivity index (χ1) is 14.2. The Labute approximate surface area is 170 Å². The Morgan fingerprint density at radius 2 is 1.48 bits per heavy atom. The van der Waals surface area contributed by atoms with Gasteiger partial charge in [0.1, 0.15) is 30.5 Å². The van der Waals surface area contributed by atoms with Gasteiger partial charge in [-0.1, -0.05) is 48.5 Å². The summed E-state index contributed by atoms with van der Waals surface area (Å²) in [7, 11) is 1.58. The predicted molar refractivity (Wildman–Crippen MR) is 112 cm³/mol. The van der Waals surface area contributed by atoms with Gasteiger partial charge in [0.15, 0.2) is 0 Å². The third kappa shape index (κ3) is 6.01. The van der Waals surface area contributed by atoms with Crippen LogP contribution >= 0.6 is 0 Å². The number of benzene rings is 3. The van der Waals surface area contributed by atoms with E-state index in [9.17, 15) is 4.79 Å². The maximum atomic E-state index is 10.9. The highest BCUT2D eigenvalue weighted by atomic mass is 16.5. The van der Waals surface area contributed by atoms with Crippen LogP contribution in [0.5, 0.6) is 17.2 Å². The fourth-order valence-electron chi connectivity index (χ4n) is 2.93. The van der Waals surface area contributed by atoms with Gasteiger partial charge in [-0.05, 0) is 41.3 Å². The van der Waals surface area contributed by atoms with E-state index in [1.165, 1.54) is 0 Å². The first kappa shape index (κ1) is 20.3. The average molecular weight is 392 g/mol. The van der Waals surface area contributed by atoms with Gasteiger partial charge in [-0.15, -0.1) is 0 Å². The molecular formula is C24H24O5. The lowest BCUT2D eigenvalue weighted by Gasteiger charge is -2.13. The number of carboxylic acid groups (broad SMARTS) is 1. The fourth-order valence-corrected chi connectivity index (χ4v) is 2.93. The molecule has 0 fully saturated rings. The molecule has 150 valence electrons. The van der Waals surface area contributed by atoms with Crippen LogP contribution in [0.3, 0.4) is 0 Å². The molecule has 0 radical (unpaired) electrons. The van der Waals surface area contributed by atoms with Crippen LogP contribution in [0.4, 0.5) is 0 Å². The minimum atomic E-state index is -0.839. The van der Waals surface area contributed by atoms with Gasteiger partial charge in [0.2, 0.25) is 0 Å². The summed E-state index contributed by atoms with van der Waals surface area (Å²) in [6.45, 7) is 0.716. The summed E-state index contributed by atoms with van der Waals surface area (Å²) < 4.78 is 16.8. The summed E-state index contributed by atoms with van der Waals surface area (Å²) >= 11 is 0. The van der Waals surface area contributed by atoms with E-state index in [2.05, 4.69) is 12.1 Å². The van der Waals surface area contributed by atoms with Crippen molar-refractivity contribution in [3.63, 3.8) is 0 Å². The van der Waals surface area contributed by atoms with Crippen LogP contribution in [-0.2, 0) is 11.2 Å². The summed E-state index contributed by atoms with van der Waals surface area (Å²) in [5.41, 5.74) is 3.13. The van der Waals surface area contributed by atoms with Crippen LogP contribution in [-0.4, -0.2) is 31.4 Å². The number of ether oxygens (including phenoxy) is 3. The zero-order valence-corrected chi connectivity index (χ0v) is 16.3. The first-order valence-corrected chi connectivity index (χ1v) is 9.45. The second-order valence-corrected chi connectivity index (χ2v) is 6.45. The molecule has 0 atom stereocenters. The van der Waals surface area contributed by atoms with Crippen molar-refractivity contribution in [1.29, 1.82) is 0 Å². The van der Waals surface area contributed by atoms with Gasteiger partial charge in [-0.3, -0.25) is 4.79 Å². The van der Waals surface area contributed by atoms with Crippen molar-refractivity contribution in [2.45, 2.75) is 12.8 Å². The van der Waals surface area contributed by atoms with Gasteiger partial charge < -0.3 is 19.3 Å². The summed E-state index contributed by atoms with van der Waals surface area (Å²) in [6.07, 6.45) is 0.448. The number of aliphatic carboxylic acids is 1. The zero-order valence-electron chi connectivity index (χ0n) is 16.3. The van der Waals surface area contributed by atoms with E-state index in [-0.39, 0.29) is 6.42 Å². The maximum Gasteiger partial charge on any atom is 0.303 e. The fraction of sp³-hybridized carbons (Fsp3) is 0.208. The lowest BCUT2D eigenvalue weighted by Crippen LogP contribution is -2.10. The summed E-state index contributed by atoms with van der Waals surface area (Å²) in [6, 6.07) is 23.5. The third-order valence-electron chi connectivity index (χ3n) is 4.45.